The van der Waals surface area contributed by atoms with E-state index in [1.165, 1.54) is 44.9 Å². The number of ether oxygens (including phenoxy) is 1. The molecule has 1 saturated heterocycles. The third-order valence-corrected chi connectivity index (χ3v) is 7.26. The molecule has 39 heavy (non-hydrogen) atoms. The molecule has 228 valence electrons. The van der Waals surface area contributed by atoms with Gasteiger partial charge >= 0.3 is 6.03 Å². The van der Waals surface area contributed by atoms with Crippen LogP contribution < -0.4 is 5.32 Å². The summed E-state index contributed by atoms with van der Waals surface area (Å²) in [5.41, 5.74) is -3.08. The van der Waals surface area contributed by atoms with E-state index in [-0.39, 0.29) is 23.9 Å². The molecule has 0 aromatic carbocycles. The lowest BCUT2D eigenvalue weighted by molar-refractivity contribution is -0.390. The number of hydrogen-bond acceptors (Lipinski definition) is 10. The number of Topliss-reactive ketones (excluding diaryl/α,β-unsaturated/α-hetero) is 1. The summed E-state index contributed by atoms with van der Waals surface area (Å²) in [6.45, 7) is 2.65. The number of nitrogens with zero attached hydrogens (tertiary/aromatic N) is 2. The molecule has 12 nitrogen and oxygen atoms in total. The molecule has 1 rings (SSSR count). The molecule has 0 aromatic heterocycles. The third kappa shape index (κ3) is 10.8. The molecular weight excluding hydrogens is 534 g/mol. The van der Waals surface area contributed by atoms with Crippen molar-refractivity contribution < 1.29 is 41.2 Å². The fraction of sp³-hybridized carbons (Fsp3) is 0.923. The van der Waals surface area contributed by atoms with Crippen LogP contribution in [0.3, 0.4) is 0 Å². The zero-order valence-electron chi connectivity index (χ0n) is 24.1. The number of nitrogens with one attached hydrogen (secondary N) is 1. The Morgan fingerprint density at radius 2 is 1.51 bits per heavy atom. The molecule has 3 unspecified atom stereocenters. The number of unbranched alkanes of at least 4 members (excludes halogenated alkanes) is 11. The molecule has 2 amide bonds. The molecule has 7 atom stereocenters. The van der Waals surface area contributed by atoms with E-state index in [1.54, 1.807) is 5.32 Å². The minimum absolute atomic E-state index is 0.171. The normalized spacial score (nSPS) is 28.8. The summed E-state index contributed by atoms with van der Waals surface area (Å²) < 4.78 is 13.3. The third-order valence-electron chi connectivity index (χ3n) is 7.09. The van der Waals surface area contributed by atoms with Crippen LogP contribution in [-0.4, -0.2) is 90.7 Å². The Balaban J connectivity index is 2.55. The van der Waals surface area contributed by atoms with E-state index in [9.17, 15) is 40.0 Å². The summed E-state index contributed by atoms with van der Waals surface area (Å²) >= 11 is 5.48. The lowest BCUT2D eigenvalue weighted by Crippen LogP contribution is -2.79. The average Bonchev–Trinajstić information content (AvgIpc) is 2.92. The van der Waals surface area contributed by atoms with Gasteiger partial charge in [-0.25, -0.2) is 4.79 Å². The molecule has 0 radical (unpaired) electrons. The van der Waals surface area contributed by atoms with E-state index in [0.29, 0.717) is 6.42 Å². The van der Waals surface area contributed by atoms with Crippen molar-refractivity contribution in [1.29, 1.82) is 0 Å². The lowest BCUT2D eigenvalue weighted by Gasteiger charge is -2.52. The van der Waals surface area contributed by atoms with Crippen LogP contribution in [0.1, 0.15) is 105 Å². The van der Waals surface area contributed by atoms with E-state index < -0.39 is 54.1 Å². The minimum Gasteiger partial charge on any atom is -0.387 e. The highest BCUT2D eigenvalue weighted by Gasteiger charge is 2.64. The molecule has 0 saturated carbocycles. The smallest absolute Gasteiger partial charge is 0.342 e. The second-order valence-electron chi connectivity index (χ2n) is 10.3. The van der Waals surface area contributed by atoms with Crippen molar-refractivity contribution in [3.63, 3.8) is 0 Å². The number of halogens is 1. The van der Waals surface area contributed by atoms with Gasteiger partial charge in [0.15, 0.2) is 5.78 Å². The Labute approximate surface area is 237 Å². The van der Waals surface area contributed by atoms with Crippen molar-refractivity contribution in [3.05, 3.63) is 4.91 Å². The first-order valence-electron chi connectivity index (χ1n) is 14.6. The van der Waals surface area contributed by atoms with Gasteiger partial charge in [0, 0.05) is 13.6 Å². The number of ketones is 1. The van der Waals surface area contributed by atoms with Crippen LogP contribution in [0.2, 0.25) is 0 Å². The van der Waals surface area contributed by atoms with E-state index in [1.807, 2.05) is 0 Å². The van der Waals surface area contributed by atoms with Crippen LogP contribution in [0.15, 0.2) is 5.29 Å². The topological polar surface area (TPSA) is 189 Å². The van der Waals surface area contributed by atoms with Gasteiger partial charge < -0.3 is 35.6 Å². The van der Waals surface area contributed by atoms with E-state index in [4.69, 9.17) is 17.7 Å². The maximum Gasteiger partial charge on any atom is 0.342 e. The minimum atomic E-state index is -3.08. The van der Waals surface area contributed by atoms with Gasteiger partial charge in [-0.05, 0) is 13.3 Å². The molecule has 0 bridgehead atoms. The number of alkyl halides is 1. The van der Waals surface area contributed by atoms with Crippen molar-refractivity contribution in [2.45, 2.75) is 140 Å². The number of carbonyl (C=O) groups excluding carboxylic acids is 2. The summed E-state index contributed by atoms with van der Waals surface area (Å²) in [6.07, 6.45) is 3.74. The monoisotopic (exact) mass is 582 g/mol. The lowest BCUT2D eigenvalue weighted by atomic mass is 9.84. The zero-order valence-corrected chi connectivity index (χ0v) is 23.9. The number of aliphatic hydroxyl groups is 5. The largest absolute Gasteiger partial charge is 0.387 e. The molecule has 1 aliphatic heterocycles. The Bertz CT molecular complexity index is 782. The van der Waals surface area contributed by atoms with Gasteiger partial charge in [0.25, 0.3) is 0 Å². The van der Waals surface area contributed by atoms with E-state index >= 15 is 0 Å². The maximum atomic E-state index is 12.7. The average molecular weight is 583 g/mol. The van der Waals surface area contributed by atoms with Gasteiger partial charge in [0.1, 0.15) is 24.4 Å². The van der Waals surface area contributed by atoms with Crippen LogP contribution in [-0.2, 0) is 9.53 Å². The SMILES string of the molecule is [2H]C(CCCCCCCCCCCCCC)C(=O)C(O)[C@H]1OC(C)(O)[C@@](O)(NC(=O)N(CCCl)N=O)[C@@H](O)[C@@H]1O. The van der Waals surface area contributed by atoms with Crippen LogP contribution in [0.5, 0.6) is 0 Å². The first-order chi connectivity index (χ1) is 18.9. The second kappa shape index (κ2) is 18.1. The number of aliphatic hydroxyl groups excluding tert-OH is 3. The first-order valence-corrected chi connectivity index (χ1v) is 14.5. The number of hydrogen-bond donors (Lipinski definition) is 6. The number of carbonyl (C=O) groups is 2. The van der Waals surface area contributed by atoms with Crippen molar-refractivity contribution in [1.82, 2.24) is 10.3 Å². The summed E-state index contributed by atoms with van der Waals surface area (Å²) in [5.74, 6) is -4.03. The molecule has 1 heterocycles. The quantitative estimate of drug-likeness (QED) is 0.0412. The van der Waals surface area contributed by atoms with Crippen LogP contribution in [0.25, 0.3) is 0 Å². The van der Waals surface area contributed by atoms with Crippen molar-refractivity contribution >= 4 is 23.4 Å². The molecule has 0 aromatic rings. The fourth-order valence-corrected chi connectivity index (χ4v) is 4.73. The standard InChI is InChI=1S/C26H48ClN3O9/c1-3-4-5-6-7-8-9-10-11-12-13-14-15-16-19(31)20(32)22-21(33)23(34)26(37,25(2,36)39-22)28-24(35)30(29-38)18-17-27/h20-23,32-34,36-37H,3-18H2,1-2H3,(H,28,35)/t20?,21-,22-,23+,25?,26-/m1/s1/i16D/t16?,20?,21-,22-,23+,25?,26-. The molecule has 0 aliphatic carbocycles. The van der Waals surface area contributed by atoms with Crippen LogP contribution in [0.4, 0.5) is 4.79 Å². The van der Waals surface area contributed by atoms with Crippen LogP contribution >= 0.6 is 11.6 Å². The Morgan fingerprint density at radius 3 is 1.97 bits per heavy atom. The fourth-order valence-electron chi connectivity index (χ4n) is 4.57. The second-order valence-corrected chi connectivity index (χ2v) is 10.7. The van der Waals surface area contributed by atoms with Crippen molar-refractivity contribution in [2.75, 3.05) is 12.4 Å². The highest BCUT2D eigenvalue weighted by molar-refractivity contribution is 6.18. The molecule has 1 fully saturated rings. The summed E-state index contributed by atoms with van der Waals surface area (Å²) in [6, 6.07) is -1.36. The van der Waals surface area contributed by atoms with Crippen molar-refractivity contribution in [3.8, 4) is 0 Å². The predicted molar refractivity (Wildman–Crippen MR) is 146 cm³/mol. The molecule has 6 N–H and O–H groups in total. The van der Waals surface area contributed by atoms with Gasteiger partial charge in [-0.3, -0.25) is 4.79 Å². The van der Waals surface area contributed by atoms with Gasteiger partial charge in [0.2, 0.25) is 11.5 Å². The Kier molecular flexibility index (Phi) is 15.7. The molecule has 13 heteroatoms. The highest BCUT2D eigenvalue weighted by atomic mass is 35.5. The van der Waals surface area contributed by atoms with Gasteiger partial charge in [-0.15, -0.1) is 16.5 Å². The summed E-state index contributed by atoms with van der Waals surface area (Å²) in [7, 11) is 0. The Hall–Kier alpha value is -1.41. The maximum absolute atomic E-state index is 12.7. The zero-order chi connectivity index (χ0) is 30.3. The number of nitroso groups, excluding NO2 is 1. The van der Waals surface area contributed by atoms with Gasteiger partial charge in [0.05, 0.1) is 11.8 Å². The first kappa shape index (κ1) is 33.8. The number of amides is 2. The summed E-state index contributed by atoms with van der Waals surface area (Å²) in [4.78, 5) is 35.8. The van der Waals surface area contributed by atoms with Crippen LogP contribution in [0, 0.1) is 4.91 Å². The molecule has 1 aliphatic rings. The molecular formula is C26H48ClN3O9. The van der Waals surface area contributed by atoms with E-state index in [2.05, 4.69) is 12.2 Å². The molecule has 0 spiro atoms. The summed E-state index contributed by atoms with van der Waals surface area (Å²) in [5, 5.41) is 57.6. The number of urea groups is 1. The van der Waals surface area contributed by atoms with E-state index in [0.717, 1.165) is 32.6 Å². The van der Waals surface area contributed by atoms with Gasteiger partial charge in [-0.1, -0.05) is 84.0 Å². The predicted octanol–water partition coefficient (Wildman–Crippen LogP) is 2.85. The van der Waals surface area contributed by atoms with Gasteiger partial charge in [-0.2, -0.15) is 5.01 Å². The van der Waals surface area contributed by atoms with Crippen molar-refractivity contribution in [2.24, 2.45) is 5.29 Å². The Morgan fingerprint density at radius 1 is 1.03 bits per heavy atom. The highest BCUT2D eigenvalue weighted by Crippen LogP contribution is 2.36. The number of rotatable bonds is 20.